The normalized spacial score (nSPS) is 17.0. The van der Waals surface area contributed by atoms with E-state index in [2.05, 4.69) is 69.8 Å². The number of carbonyl (C=O) groups is 1. The summed E-state index contributed by atoms with van der Waals surface area (Å²) in [6.45, 7) is 17.8. The Labute approximate surface area is 263 Å². The zero-order valence-corrected chi connectivity index (χ0v) is 28.8. The van der Waals surface area contributed by atoms with Gasteiger partial charge in [0, 0.05) is 37.5 Å². The number of hydrogen-bond acceptors (Lipinski definition) is 6. The predicted octanol–water partition coefficient (Wildman–Crippen LogP) is 9.99. The Kier molecular flexibility index (Phi) is 17.6. The van der Waals surface area contributed by atoms with Crippen molar-refractivity contribution in [1.29, 1.82) is 0 Å². The quantitative estimate of drug-likeness (QED) is 0.0926. The predicted molar refractivity (Wildman–Crippen MR) is 182 cm³/mol. The highest BCUT2D eigenvalue weighted by Gasteiger charge is 2.31. The van der Waals surface area contributed by atoms with Gasteiger partial charge in [0.05, 0.1) is 11.7 Å². The van der Waals surface area contributed by atoms with Crippen molar-refractivity contribution in [2.75, 3.05) is 25.1 Å². The van der Waals surface area contributed by atoms with Gasteiger partial charge in [0.15, 0.2) is 0 Å². The summed E-state index contributed by atoms with van der Waals surface area (Å²) in [4.78, 5) is 20.5. The maximum absolute atomic E-state index is 12.8. The molecular formula is C37H62N2O4. The monoisotopic (exact) mass is 598 g/mol. The van der Waals surface area contributed by atoms with Crippen LogP contribution in [0.15, 0.2) is 28.9 Å². The summed E-state index contributed by atoms with van der Waals surface area (Å²) in [7, 11) is 1.64. The van der Waals surface area contributed by atoms with E-state index in [-0.39, 0.29) is 12.2 Å². The highest BCUT2D eigenvalue weighted by atomic mass is 16.7. The van der Waals surface area contributed by atoms with Crippen LogP contribution in [0.25, 0.3) is 6.08 Å². The highest BCUT2D eigenvalue weighted by molar-refractivity contribution is 6.26. The third-order valence-electron chi connectivity index (χ3n) is 9.02. The number of carbonyl (C=O) groups excluding carboxylic acids is 1. The Bertz CT molecular complexity index is 982. The molecule has 6 nitrogen and oxygen atoms in total. The first-order valence-electron chi connectivity index (χ1n) is 17.5. The van der Waals surface area contributed by atoms with Gasteiger partial charge in [0.2, 0.25) is 0 Å². The lowest BCUT2D eigenvalue weighted by Gasteiger charge is -2.33. The fourth-order valence-corrected chi connectivity index (χ4v) is 5.93. The molecule has 1 aromatic carbocycles. The van der Waals surface area contributed by atoms with Crippen LogP contribution in [-0.2, 0) is 14.4 Å². The number of anilines is 1. The van der Waals surface area contributed by atoms with Crippen LogP contribution >= 0.6 is 0 Å². The number of rotatable bonds is 23. The fourth-order valence-electron chi connectivity index (χ4n) is 5.93. The summed E-state index contributed by atoms with van der Waals surface area (Å²) in [5.74, 6) is 1.71. The maximum Gasteiger partial charge on any atom is 0.367 e. The standard InChI is InChI=1S/C37H62N2O4/c1-9-16-19-28(12-4)26-39(27-29(13-5)20-17-10-2)31-23-22-30(35(25-31)42-32(14-6)21-18-11-3)24-33-36(34(15-7)41-8)38-43-37(33)40/h22-25,28-29,32,34H,9-21,26-27H2,1-8H3. The van der Waals surface area contributed by atoms with Crippen LogP contribution in [0.3, 0.4) is 0 Å². The molecule has 0 fully saturated rings. The zero-order chi connectivity index (χ0) is 31.6. The van der Waals surface area contributed by atoms with Crippen LogP contribution in [0.2, 0.25) is 0 Å². The van der Waals surface area contributed by atoms with Gasteiger partial charge in [-0.05, 0) is 62.1 Å². The summed E-state index contributed by atoms with van der Waals surface area (Å²) in [6, 6.07) is 6.56. The van der Waals surface area contributed by atoms with Gasteiger partial charge in [0.1, 0.15) is 17.6 Å². The Morgan fingerprint density at radius 2 is 1.44 bits per heavy atom. The van der Waals surface area contributed by atoms with Crippen LogP contribution in [0, 0.1) is 11.8 Å². The molecule has 0 aromatic heterocycles. The molecule has 0 spiro atoms. The first kappa shape index (κ1) is 36.8. The third kappa shape index (κ3) is 11.6. The SMILES string of the molecule is CCCCC(CC)CN(CC(CC)CCCC)c1ccc(C=C2C(=O)ON=C2C(CC)OC)c(OC(CC)CCCC)c1. The largest absolute Gasteiger partial charge is 0.490 e. The molecule has 1 aliphatic heterocycles. The van der Waals surface area contributed by atoms with Crippen molar-refractivity contribution in [3.8, 4) is 5.75 Å². The van der Waals surface area contributed by atoms with Gasteiger partial charge in [-0.15, -0.1) is 0 Å². The van der Waals surface area contributed by atoms with E-state index in [0.29, 0.717) is 29.5 Å². The molecule has 0 bridgehead atoms. The first-order valence-corrected chi connectivity index (χ1v) is 17.5. The smallest absolute Gasteiger partial charge is 0.367 e. The molecule has 0 radical (unpaired) electrons. The zero-order valence-electron chi connectivity index (χ0n) is 28.8. The number of hydrogen-bond donors (Lipinski definition) is 0. The molecule has 1 heterocycles. The molecular weight excluding hydrogens is 536 g/mol. The van der Waals surface area contributed by atoms with Crippen molar-refractivity contribution in [2.24, 2.45) is 17.0 Å². The van der Waals surface area contributed by atoms with Gasteiger partial charge in [0.25, 0.3) is 0 Å². The van der Waals surface area contributed by atoms with E-state index < -0.39 is 5.97 Å². The highest BCUT2D eigenvalue weighted by Crippen LogP contribution is 2.33. The number of ether oxygens (including phenoxy) is 2. The average Bonchev–Trinajstić information content (AvgIpc) is 3.38. The van der Waals surface area contributed by atoms with Crippen molar-refractivity contribution >= 4 is 23.4 Å². The molecule has 244 valence electrons. The molecule has 2 rings (SSSR count). The molecule has 0 saturated carbocycles. The summed E-state index contributed by atoms with van der Waals surface area (Å²) >= 11 is 0. The second-order valence-corrected chi connectivity index (χ2v) is 12.3. The molecule has 0 N–H and O–H groups in total. The molecule has 4 atom stereocenters. The minimum Gasteiger partial charge on any atom is -0.490 e. The van der Waals surface area contributed by atoms with Crippen molar-refractivity contribution < 1.29 is 19.1 Å². The molecule has 6 heteroatoms. The van der Waals surface area contributed by atoms with Crippen LogP contribution in [-0.4, -0.2) is 44.1 Å². The van der Waals surface area contributed by atoms with Crippen molar-refractivity contribution in [2.45, 2.75) is 144 Å². The van der Waals surface area contributed by atoms with Crippen molar-refractivity contribution in [1.82, 2.24) is 0 Å². The van der Waals surface area contributed by atoms with Crippen molar-refractivity contribution in [3.05, 3.63) is 29.3 Å². The van der Waals surface area contributed by atoms with E-state index in [1.807, 2.05) is 13.0 Å². The Balaban J connectivity index is 2.59. The molecule has 0 aliphatic carbocycles. The van der Waals surface area contributed by atoms with Crippen LogP contribution in [0.4, 0.5) is 5.69 Å². The number of methoxy groups -OCH3 is 1. The van der Waals surface area contributed by atoms with E-state index in [1.54, 1.807) is 7.11 Å². The van der Waals surface area contributed by atoms with E-state index in [1.165, 1.54) is 57.1 Å². The minimum atomic E-state index is -0.441. The third-order valence-corrected chi connectivity index (χ3v) is 9.02. The first-order chi connectivity index (χ1) is 20.9. The topological polar surface area (TPSA) is 60.4 Å². The Morgan fingerprint density at radius 1 is 0.837 bits per heavy atom. The molecule has 1 aliphatic rings. The van der Waals surface area contributed by atoms with Crippen LogP contribution in [0.1, 0.15) is 138 Å². The van der Waals surface area contributed by atoms with Gasteiger partial charge in [-0.2, -0.15) is 0 Å². The fraction of sp³-hybridized carbons (Fsp3) is 0.730. The summed E-state index contributed by atoms with van der Waals surface area (Å²) in [5, 5.41) is 4.09. The molecule has 0 amide bonds. The lowest BCUT2D eigenvalue weighted by atomic mass is 9.95. The summed E-state index contributed by atoms with van der Waals surface area (Å²) in [6.07, 6.45) is 16.5. The van der Waals surface area contributed by atoms with Gasteiger partial charge in [-0.3, -0.25) is 0 Å². The van der Waals surface area contributed by atoms with Gasteiger partial charge in [-0.1, -0.05) is 105 Å². The van der Waals surface area contributed by atoms with Crippen LogP contribution in [0.5, 0.6) is 5.75 Å². The molecule has 1 aromatic rings. The number of benzene rings is 1. The Morgan fingerprint density at radius 3 is 1.95 bits per heavy atom. The van der Waals surface area contributed by atoms with Crippen molar-refractivity contribution in [3.63, 3.8) is 0 Å². The molecule has 0 saturated heterocycles. The maximum atomic E-state index is 12.8. The summed E-state index contributed by atoms with van der Waals surface area (Å²) < 4.78 is 12.4. The van der Waals surface area contributed by atoms with E-state index >= 15 is 0 Å². The van der Waals surface area contributed by atoms with E-state index in [0.717, 1.165) is 50.1 Å². The lowest BCUT2D eigenvalue weighted by molar-refractivity contribution is -0.136. The second kappa shape index (κ2) is 20.6. The average molecular weight is 599 g/mol. The van der Waals surface area contributed by atoms with Gasteiger partial charge in [-0.25, -0.2) is 4.79 Å². The lowest BCUT2D eigenvalue weighted by Crippen LogP contribution is -2.34. The summed E-state index contributed by atoms with van der Waals surface area (Å²) in [5.41, 5.74) is 3.08. The van der Waals surface area contributed by atoms with E-state index in [4.69, 9.17) is 14.3 Å². The van der Waals surface area contributed by atoms with Gasteiger partial charge >= 0.3 is 5.97 Å². The molecule has 4 unspecified atom stereocenters. The number of nitrogens with zero attached hydrogens (tertiary/aromatic N) is 2. The van der Waals surface area contributed by atoms with Crippen LogP contribution < -0.4 is 9.64 Å². The number of oxime groups is 1. The Hall–Kier alpha value is -2.34. The molecule has 43 heavy (non-hydrogen) atoms. The van der Waals surface area contributed by atoms with Gasteiger partial charge < -0.3 is 19.2 Å². The van der Waals surface area contributed by atoms with E-state index in [9.17, 15) is 4.79 Å². The minimum absolute atomic E-state index is 0.118. The second-order valence-electron chi connectivity index (χ2n) is 12.3. The number of unbranched alkanes of at least 4 members (excludes halogenated alkanes) is 3.